The predicted molar refractivity (Wildman–Crippen MR) is 104 cm³/mol. The summed E-state index contributed by atoms with van der Waals surface area (Å²) in [7, 11) is -8.13. The largest absolute Gasteiger partial charge is 0.464 e. The Labute approximate surface area is 170 Å². The van der Waals surface area contributed by atoms with Crippen molar-refractivity contribution in [1.82, 2.24) is 0 Å². The fraction of sp³-hybridized carbons (Fsp3) is 0.316. The summed E-state index contributed by atoms with van der Waals surface area (Å²) in [5, 5.41) is 0. The van der Waals surface area contributed by atoms with Crippen molar-refractivity contribution < 1.29 is 34.7 Å². The van der Waals surface area contributed by atoms with Crippen LogP contribution in [0.25, 0.3) is 0 Å². The first-order chi connectivity index (χ1) is 13.8. The van der Waals surface area contributed by atoms with Crippen molar-refractivity contribution in [3.63, 3.8) is 0 Å². The summed E-state index contributed by atoms with van der Waals surface area (Å²) in [5.74, 6) is -0.849. The highest BCUT2D eigenvalue weighted by Crippen LogP contribution is 2.18. The van der Waals surface area contributed by atoms with Crippen molar-refractivity contribution in [2.45, 2.75) is 35.7 Å². The second kappa shape index (κ2) is 10.5. The van der Waals surface area contributed by atoms with Crippen LogP contribution in [0, 0.1) is 0 Å². The first-order valence-corrected chi connectivity index (χ1v) is 11.7. The van der Waals surface area contributed by atoms with Crippen LogP contribution in [0.2, 0.25) is 0 Å². The minimum absolute atomic E-state index is 0.00449. The Bertz CT molecular complexity index is 987. The summed E-state index contributed by atoms with van der Waals surface area (Å²) in [5.41, 5.74) is 0. The van der Waals surface area contributed by atoms with Crippen LogP contribution >= 0.6 is 0 Å². The number of hydrogen-bond acceptors (Lipinski definition) is 8. The predicted octanol–water partition coefficient (Wildman–Crippen LogP) is 2.51. The number of carbonyl (C=O) groups excluding carboxylic acids is 1. The Balaban J connectivity index is 1.99. The molecule has 0 fully saturated rings. The first-order valence-electron chi connectivity index (χ1n) is 8.85. The molecule has 10 heteroatoms. The van der Waals surface area contributed by atoms with Crippen LogP contribution < -0.4 is 0 Å². The zero-order valence-electron chi connectivity index (χ0n) is 15.8. The SMILES string of the molecule is CCOC(=O)C(CCCOS(=O)(=O)c1ccccc1)OS(=O)(=O)c1ccccc1. The second-order valence-corrected chi connectivity index (χ2v) is 9.02. The van der Waals surface area contributed by atoms with Gasteiger partial charge in [-0.3, -0.25) is 8.37 Å². The Kier molecular flexibility index (Phi) is 8.32. The normalized spacial score (nSPS) is 13.0. The van der Waals surface area contributed by atoms with Gasteiger partial charge in [-0.1, -0.05) is 36.4 Å². The van der Waals surface area contributed by atoms with Gasteiger partial charge in [-0.25, -0.2) is 4.79 Å². The Hall–Kier alpha value is -2.27. The van der Waals surface area contributed by atoms with Crippen LogP contribution in [0.1, 0.15) is 19.8 Å². The van der Waals surface area contributed by atoms with E-state index in [0.717, 1.165) is 0 Å². The lowest BCUT2D eigenvalue weighted by Gasteiger charge is -2.16. The molecule has 2 aromatic carbocycles. The van der Waals surface area contributed by atoms with Crippen LogP contribution in [0.4, 0.5) is 0 Å². The lowest BCUT2D eigenvalue weighted by atomic mass is 10.2. The van der Waals surface area contributed by atoms with Crippen LogP contribution in [0.5, 0.6) is 0 Å². The molecule has 0 bridgehead atoms. The van der Waals surface area contributed by atoms with E-state index < -0.39 is 32.3 Å². The molecule has 2 aromatic rings. The number of rotatable bonds is 11. The highest BCUT2D eigenvalue weighted by molar-refractivity contribution is 7.87. The van der Waals surface area contributed by atoms with Gasteiger partial charge in [0, 0.05) is 0 Å². The molecular formula is C19H22O8S2. The monoisotopic (exact) mass is 442 g/mol. The van der Waals surface area contributed by atoms with Gasteiger partial charge < -0.3 is 4.74 Å². The van der Waals surface area contributed by atoms with Gasteiger partial charge in [-0.2, -0.15) is 16.8 Å². The third-order valence-electron chi connectivity index (χ3n) is 3.71. The van der Waals surface area contributed by atoms with E-state index in [1.165, 1.54) is 36.4 Å². The molecule has 8 nitrogen and oxygen atoms in total. The number of hydrogen-bond donors (Lipinski definition) is 0. The number of carbonyl (C=O) groups is 1. The molecule has 0 aliphatic rings. The topological polar surface area (TPSA) is 113 Å². The lowest BCUT2D eigenvalue weighted by Crippen LogP contribution is -2.30. The summed E-state index contributed by atoms with van der Waals surface area (Å²) in [6, 6.07) is 15.0. The van der Waals surface area contributed by atoms with Crippen molar-refractivity contribution in [2.75, 3.05) is 13.2 Å². The molecule has 2 rings (SSSR count). The first kappa shape index (κ1) is 23.0. The minimum atomic E-state index is -4.19. The number of benzene rings is 2. The summed E-state index contributed by atoms with van der Waals surface area (Å²) >= 11 is 0. The summed E-state index contributed by atoms with van der Waals surface area (Å²) in [6.45, 7) is 1.38. The smallest absolute Gasteiger partial charge is 0.336 e. The van der Waals surface area contributed by atoms with Gasteiger partial charge >= 0.3 is 5.97 Å². The van der Waals surface area contributed by atoms with E-state index in [1.807, 2.05) is 0 Å². The molecule has 29 heavy (non-hydrogen) atoms. The van der Waals surface area contributed by atoms with E-state index in [4.69, 9.17) is 13.1 Å². The van der Waals surface area contributed by atoms with Crippen molar-refractivity contribution in [2.24, 2.45) is 0 Å². The van der Waals surface area contributed by atoms with Gasteiger partial charge in [0.25, 0.3) is 20.2 Å². The van der Waals surface area contributed by atoms with Gasteiger partial charge in [0.05, 0.1) is 23.0 Å². The summed E-state index contributed by atoms with van der Waals surface area (Å²) in [6.07, 6.45) is -1.46. The zero-order chi connectivity index (χ0) is 21.3. The van der Waals surface area contributed by atoms with E-state index in [9.17, 15) is 21.6 Å². The van der Waals surface area contributed by atoms with Crippen molar-refractivity contribution in [1.29, 1.82) is 0 Å². The fourth-order valence-corrected chi connectivity index (χ4v) is 4.37. The maximum Gasteiger partial charge on any atom is 0.336 e. The Morgan fingerprint density at radius 2 is 1.38 bits per heavy atom. The molecule has 0 spiro atoms. The number of esters is 1. The van der Waals surface area contributed by atoms with Gasteiger partial charge in [-0.05, 0) is 44.0 Å². The Morgan fingerprint density at radius 3 is 1.90 bits per heavy atom. The van der Waals surface area contributed by atoms with Crippen LogP contribution in [-0.2, 0) is 38.1 Å². The average Bonchev–Trinajstić information content (AvgIpc) is 2.71. The van der Waals surface area contributed by atoms with E-state index in [0.29, 0.717) is 0 Å². The highest BCUT2D eigenvalue weighted by atomic mass is 32.2. The lowest BCUT2D eigenvalue weighted by molar-refractivity contribution is -0.151. The van der Waals surface area contributed by atoms with Gasteiger partial charge in [0.2, 0.25) is 0 Å². The molecule has 0 saturated carbocycles. The van der Waals surface area contributed by atoms with Gasteiger partial charge in [0.15, 0.2) is 6.10 Å². The zero-order valence-corrected chi connectivity index (χ0v) is 17.4. The molecule has 0 aliphatic heterocycles. The summed E-state index contributed by atoms with van der Waals surface area (Å²) < 4.78 is 63.8. The molecule has 0 radical (unpaired) electrons. The van der Waals surface area contributed by atoms with Gasteiger partial charge in [0.1, 0.15) is 0 Å². The molecule has 1 atom stereocenters. The van der Waals surface area contributed by atoms with Crippen molar-refractivity contribution in [3.8, 4) is 0 Å². The molecule has 0 N–H and O–H groups in total. The van der Waals surface area contributed by atoms with Crippen molar-refractivity contribution >= 4 is 26.2 Å². The standard InChI is InChI=1S/C19H22O8S2/c1-2-25-19(20)18(27-29(23,24)17-12-7-4-8-13-17)14-9-15-26-28(21,22)16-10-5-3-6-11-16/h3-8,10-13,18H,2,9,14-15H2,1H3. The Morgan fingerprint density at radius 1 is 0.862 bits per heavy atom. The van der Waals surface area contributed by atoms with E-state index in [1.54, 1.807) is 31.2 Å². The third-order valence-corrected chi connectivity index (χ3v) is 6.37. The molecule has 158 valence electrons. The highest BCUT2D eigenvalue weighted by Gasteiger charge is 2.28. The molecule has 0 amide bonds. The summed E-state index contributed by atoms with van der Waals surface area (Å²) in [4.78, 5) is 12.0. The van der Waals surface area contributed by atoms with Crippen molar-refractivity contribution in [3.05, 3.63) is 60.7 Å². The van der Waals surface area contributed by atoms with Gasteiger partial charge in [-0.15, -0.1) is 0 Å². The molecule has 1 unspecified atom stereocenters. The third kappa shape index (κ3) is 6.93. The van der Waals surface area contributed by atoms with E-state index in [-0.39, 0.29) is 35.8 Å². The number of ether oxygens (including phenoxy) is 1. The van der Waals surface area contributed by atoms with E-state index in [2.05, 4.69) is 0 Å². The maximum atomic E-state index is 12.4. The molecule has 0 aliphatic carbocycles. The van der Waals surface area contributed by atoms with Crippen LogP contribution in [0.15, 0.2) is 70.5 Å². The molecular weight excluding hydrogens is 420 g/mol. The second-order valence-electron chi connectivity index (χ2n) is 5.84. The van der Waals surface area contributed by atoms with E-state index >= 15 is 0 Å². The molecule has 0 heterocycles. The molecule has 0 aromatic heterocycles. The molecule has 0 saturated heterocycles. The fourth-order valence-electron chi connectivity index (χ4n) is 2.33. The van der Waals surface area contributed by atoms with Crippen LogP contribution in [-0.4, -0.2) is 42.1 Å². The van der Waals surface area contributed by atoms with Crippen LogP contribution in [0.3, 0.4) is 0 Å². The minimum Gasteiger partial charge on any atom is -0.464 e. The average molecular weight is 443 g/mol. The quantitative estimate of drug-likeness (QED) is 0.296. The maximum absolute atomic E-state index is 12.4.